The van der Waals surface area contributed by atoms with Crippen LogP contribution in [0.5, 0.6) is 0 Å². The standard InChI is InChI=1S/C19H20N2O2S/c1-19(2,3)15-6-9-17(10-7-15)24(22,23)21-16-8-11-18-14(13-16)5-4-12-20-18/h4-13,21H,1-3H3. The number of benzene rings is 2. The predicted molar refractivity (Wildman–Crippen MR) is 97.7 cm³/mol. The van der Waals surface area contributed by atoms with Crippen molar-refractivity contribution < 1.29 is 8.42 Å². The zero-order valence-electron chi connectivity index (χ0n) is 13.9. The summed E-state index contributed by atoms with van der Waals surface area (Å²) in [7, 11) is -3.61. The number of sulfonamides is 1. The second kappa shape index (κ2) is 5.91. The third-order valence-corrected chi connectivity index (χ3v) is 5.28. The Hall–Kier alpha value is -2.40. The molecule has 0 saturated carbocycles. The number of fused-ring (bicyclic) bond motifs is 1. The third kappa shape index (κ3) is 3.41. The molecule has 0 spiro atoms. The van der Waals surface area contributed by atoms with E-state index in [0.29, 0.717) is 5.69 Å². The Morgan fingerprint density at radius 1 is 0.958 bits per heavy atom. The van der Waals surface area contributed by atoms with Gasteiger partial charge in [0.1, 0.15) is 0 Å². The summed E-state index contributed by atoms with van der Waals surface area (Å²) < 4.78 is 27.8. The van der Waals surface area contributed by atoms with Crippen LogP contribution in [0, 0.1) is 0 Å². The van der Waals surface area contributed by atoms with Gasteiger partial charge in [0, 0.05) is 17.3 Å². The first kappa shape index (κ1) is 16.5. The van der Waals surface area contributed by atoms with Crippen molar-refractivity contribution in [1.82, 2.24) is 4.98 Å². The zero-order valence-corrected chi connectivity index (χ0v) is 14.8. The van der Waals surface area contributed by atoms with Gasteiger partial charge in [0.25, 0.3) is 10.0 Å². The minimum absolute atomic E-state index is 0.0128. The van der Waals surface area contributed by atoms with Gasteiger partial charge in [0.15, 0.2) is 0 Å². The molecule has 1 aromatic heterocycles. The Bertz CT molecular complexity index is 972. The van der Waals surface area contributed by atoms with Gasteiger partial charge in [-0.1, -0.05) is 39.0 Å². The lowest BCUT2D eigenvalue weighted by Gasteiger charge is -2.19. The summed E-state index contributed by atoms with van der Waals surface area (Å²) in [6.45, 7) is 6.29. The van der Waals surface area contributed by atoms with E-state index < -0.39 is 10.0 Å². The second-order valence-electron chi connectivity index (χ2n) is 6.79. The second-order valence-corrected chi connectivity index (χ2v) is 8.47. The van der Waals surface area contributed by atoms with Crippen molar-refractivity contribution in [3.63, 3.8) is 0 Å². The normalized spacial score (nSPS) is 12.3. The molecule has 124 valence electrons. The van der Waals surface area contributed by atoms with Gasteiger partial charge < -0.3 is 0 Å². The summed E-state index contributed by atoms with van der Waals surface area (Å²) in [5, 5.41) is 0.890. The lowest BCUT2D eigenvalue weighted by molar-refractivity contribution is 0.587. The summed E-state index contributed by atoms with van der Waals surface area (Å²) in [4.78, 5) is 4.48. The minimum Gasteiger partial charge on any atom is -0.280 e. The fourth-order valence-corrected chi connectivity index (χ4v) is 3.54. The van der Waals surface area contributed by atoms with Gasteiger partial charge in [-0.15, -0.1) is 0 Å². The van der Waals surface area contributed by atoms with E-state index in [9.17, 15) is 8.42 Å². The molecule has 3 aromatic rings. The average Bonchev–Trinajstić information content (AvgIpc) is 2.54. The molecule has 1 N–H and O–H groups in total. The smallest absolute Gasteiger partial charge is 0.261 e. The lowest BCUT2D eigenvalue weighted by Crippen LogP contribution is -2.14. The fraction of sp³-hybridized carbons (Fsp3) is 0.211. The van der Waals surface area contributed by atoms with E-state index in [1.165, 1.54) is 0 Å². The van der Waals surface area contributed by atoms with Crippen molar-refractivity contribution in [1.29, 1.82) is 0 Å². The number of anilines is 1. The van der Waals surface area contributed by atoms with Crippen LogP contribution in [0.3, 0.4) is 0 Å². The summed E-state index contributed by atoms with van der Waals surface area (Å²) in [6.07, 6.45) is 1.71. The molecule has 24 heavy (non-hydrogen) atoms. The maximum absolute atomic E-state index is 12.6. The molecule has 0 aliphatic rings. The topological polar surface area (TPSA) is 59.1 Å². The van der Waals surface area contributed by atoms with Crippen molar-refractivity contribution in [3.8, 4) is 0 Å². The van der Waals surface area contributed by atoms with E-state index in [1.54, 1.807) is 36.5 Å². The lowest BCUT2D eigenvalue weighted by atomic mass is 9.87. The van der Waals surface area contributed by atoms with E-state index >= 15 is 0 Å². The first-order valence-corrected chi connectivity index (χ1v) is 9.22. The highest BCUT2D eigenvalue weighted by atomic mass is 32.2. The van der Waals surface area contributed by atoms with Gasteiger partial charge in [-0.25, -0.2) is 8.42 Å². The van der Waals surface area contributed by atoms with Crippen LogP contribution in [0.1, 0.15) is 26.3 Å². The molecule has 0 amide bonds. The highest BCUT2D eigenvalue weighted by Crippen LogP contribution is 2.25. The first-order chi connectivity index (χ1) is 11.3. The van der Waals surface area contributed by atoms with E-state index in [1.807, 2.05) is 24.3 Å². The highest BCUT2D eigenvalue weighted by Gasteiger charge is 2.17. The van der Waals surface area contributed by atoms with Crippen LogP contribution >= 0.6 is 0 Å². The Balaban J connectivity index is 1.89. The van der Waals surface area contributed by atoms with Gasteiger partial charge in [-0.05, 0) is 47.4 Å². The fourth-order valence-electron chi connectivity index (χ4n) is 2.49. The Morgan fingerprint density at radius 3 is 2.33 bits per heavy atom. The van der Waals surface area contributed by atoms with Crippen molar-refractivity contribution >= 4 is 26.6 Å². The van der Waals surface area contributed by atoms with Crippen LogP contribution < -0.4 is 4.72 Å². The van der Waals surface area contributed by atoms with Crippen molar-refractivity contribution in [3.05, 3.63) is 66.4 Å². The maximum Gasteiger partial charge on any atom is 0.261 e. The Morgan fingerprint density at radius 2 is 1.67 bits per heavy atom. The molecule has 4 nitrogen and oxygen atoms in total. The van der Waals surface area contributed by atoms with Gasteiger partial charge in [-0.3, -0.25) is 9.71 Å². The maximum atomic E-state index is 12.6. The van der Waals surface area contributed by atoms with Crippen molar-refractivity contribution in [2.75, 3.05) is 4.72 Å². The Labute approximate surface area is 142 Å². The van der Waals surface area contributed by atoms with E-state index in [-0.39, 0.29) is 10.3 Å². The van der Waals surface area contributed by atoms with Crippen LogP contribution in [0.4, 0.5) is 5.69 Å². The first-order valence-electron chi connectivity index (χ1n) is 7.74. The molecule has 0 saturated heterocycles. The summed E-state index contributed by atoms with van der Waals surface area (Å²) in [5.41, 5.74) is 2.43. The van der Waals surface area contributed by atoms with Crippen molar-refractivity contribution in [2.24, 2.45) is 0 Å². The summed E-state index contributed by atoms with van der Waals surface area (Å²) in [6, 6.07) is 16.0. The molecule has 0 aliphatic carbocycles. The monoisotopic (exact) mass is 340 g/mol. The minimum atomic E-state index is -3.61. The molecule has 3 rings (SSSR count). The third-order valence-electron chi connectivity index (χ3n) is 3.89. The number of hydrogen-bond acceptors (Lipinski definition) is 3. The molecule has 0 aliphatic heterocycles. The number of nitrogens with zero attached hydrogens (tertiary/aromatic N) is 1. The van der Waals surface area contributed by atoms with Gasteiger partial charge in [-0.2, -0.15) is 0 Å². The van der Waals surface area contributed by atoms with Crippen molar-refractivity contribution in [2.45, 2.75) is 31.1 Å². The molecule has 0 atom stereocenters. The van der Waals surface area contributed by atoms with Crippen LogP contribution in [-0.4, -0.2) is 13.4 Å². The highest BCUT2D eigenvalue weighted by molar-refractivity contribution is 7.92. The van der Waals surface area contributed by atoms with E-state index in [0.717, 1.165) is 16.5 Å². The van der Waals surface area contributed by atoms with E-state index in [2.05, 4.69) is 30.5 Å². The number of nitrogens with one attached hydrogen (secondary N) is 1. The largest absolute Gasteiger partial charge is 0.280 e. The van der Waals surface area contributed by atoms with Gasteiger partial charge in [0.2, 0.25) is 0 Å². The molecule has 5 heteroatoms. The molecule has 0 fully saturated rings. The molecule has 0 bridgehead atoms. The average molecular weight is 340 g/mol. The Kier molecular flexibility index (Phi) is 4.05. The molecular formula is C19H20N2O2S. The number of hydrogen-bond donors (Lipinski definition) is 1. The number of aromatic nitrogens is 1. The van der Waals surface area contributed by atoms with Gasteiger partial charge in [0.05, 0.1) is 10.4 Å². The molecule has 2 aromatic carbocycles. The molecule has 1 heterocycles. The SMILES string of the molecule is CC(C)(C)c1ccc(S(=O)(=O)Nc2ccc3ncccc3c2)cc1. The van der Waals surface area contributed by atoms with Crippen LogP contribution in [0.25, 0.3) is 10.9 Å². The quantitative estimate of drug-likeness (QED) is 0.772. The zero-order chi connectivity index (χ0) is 17.4. The van der Waals surface area contributed by atoms with Gasteiger partial charge >= 0.3 is 0 Å². The molecule has 0 radical (unpaired) electrons. The summed E-state index contributed by atoms with van der Waals surface area (Å²) >= 11 is 0. The molecular weight excluding hydrogens is 320 g/mol. The van der Waals surface area contributed by atoms with Crippen LogP contribution in [0.2, 0.25) is 0 Å². The number of rotatable bonds is 3. The predicted octanol–water partition coefficient (Wildman–Crippen LogP) is 4.33. The number of pyridine rings is 1. The van der Waals surface area contributed by atoms with E-state index in [4.69, 9.17) is 0 Å². The van der Waals surface area contributed by atoms with Crippen LogP contribution in [0.15, 0.2) is 65.7 Å². The summed E-state index contributed by atoms with van der Waals surface area (Å²) in [5.74, 6) is 0. The molecule has 0 unspecified atom stereocenters. The van der Waals surface area contributed by atoms with Crippen LogP contribution in [-0.2, 0) is 15.4 Å².